The number of hydrogen-bond acceptors (Lipinski definition) is 8. The van der Waals surface area contributed by atoms with Crippen molar-refractivity contribution in [1.82, 2.24) is 24.6 Å². The summed E-state index contributed by atoms with van der Waals surface area (Å²) < 4.78 is 7.06. The molecular weight excluding hydrogens is 412 g/mol. The number of benzene rings is 1. The van der Waals surface area contributed by atoms with Gasteiger partial charge < -0.3 is 9.64 Å². The first-order chi connectivity index (χ1) is 14.4. The lowest BCUT2D eigenvalue weighted by Gasteiger charge is -2.41. The molecule has 0 N–H and O–H groups in total. The Morgan fingerprint density at radius 1 is 1.23 bits per heavy atom. The van der Waals surface area contributed by atoms with Crippen LogP contribution in [0.5, 0.6) is 0 Å². The zero-order chi connectivity index (χ0) is 21.3. The monoisotopic (exact) mass is 432 g/mol. The largest absolute Gasteiger partial charge is 0.445 e. The Labute approximate surface area is 177 Å². The molecule has 3 heterocycles. The number of aromatic nitrogens is 3. The van der Waals surface area contributed by atoms with Crippen LogP contribution in [0, 0.1) is 10.1 Å². The molecule has 2 amide bonds. The van der Waals surface area contributed by atoms with E-state index < -0.39 is 17.1 Å². The number of carbonyl (C=O) groups is 2. The molecule has 0 radical (unpaired) electrons. The maximum atomic E-state index is 12.9. The summed E-state index contributed by atoms with van der Waals surface area (Å²) in [5.41, 5.74) is 0.587. The first-order valence-electron chi connectivity index (χ1n) is 9.40. The molecule has 2 saturated heterocycles. The lowest BCUT2D eigenvalue weighted by atomic mass is 10.1. The van der Waals surface area contributed by atoms with E-state index in [0.717, 1.165) is 0 Å². The van der Waals surface area contributed by atoms with Gasteiger partial charge in [0, 0.05) is 37.0 Å². The highest BCUT2D eigenvalue weighted by Crippen LogP contribution is 2.28. The zero-order valence-corrected chi connectivity index (χ0v) is 16.8. The Balaban J connectivity index is 1.33. The van der Waals surface area contributed by atoms with Gasteiger partial charge in [0.2, 0.25) is 5.91 Å². The van der Waals surface area contributed by atoms with Crippen molar-refractivity contribution < 1.29 is 19.2 Å². The van der Waals surface area contributed by atoms with Crippen molar-refractivity contribution in [2.45, 2.75) is 30.4 Å². The molecule has 158 valence electrons. The molecule has 1 aromatic carbocycles. The summed E-state index contributed by atoms with van der Waals surface area (Å²) in [6.07, 6.45) is 2.93. The van der Waals surface area contributed by atoms with Gasteiger partial charge in [0.15, 0.2) is 0 Å². The van der Waals surface area contributed by atoms with Gasteiger partial charge in [0.1, 0.15) is 25.3 Å². The predicted octanol–water partition coefficient (Wildman–Crippen LogP) is 1.28. The van der Waals surface area contributed by atoms with E-state index in [4.69, 9.17) is 4.74 Å². The summed E-state index contributed by atoms with van der Waals surface area (Å²) in [6, 6.07) is 5.24. The molecule has 2 aliphatic rings. The van der Waals surface area contributed by atoms with Crippen LogP contribution in [0.2, 0.25) is 0 Å². The van der Waals surface area contributed by atoms with Crippen LogP contribution in [0.15, 0.2) is 36.9 Å². The number of carbonyl (C=O) groups excluding carboxylic acids is 2. The number of hydrogen-bond donors (Lipinski definition) is 1. The van der Waals surface area contributed by atoms with Crippen molar-refractivity contribution in [2.24, 2.45) is 0 Å². The topological polar surface area (TPSA) is 124 Å². The van der Waals surface area contributed by atoms with Crippen molar-refractivity contribution in [1.29, 1.82) is 0 Å². The maximum Gasteiger partial charge on any atom is 0.410 e. The Morgan fingerprint density at radius 2 is 1.97 bits per heavy atom. The molecule has 4 rings (SSSR count). The lowest BCUT2D eigenvalue weighted by Crippen LogP contribution is -2.56. The summed E-state index contributed by atoms with van der Waals surface area (Å²) in [7, 11) is 0. The van der Waals surface area contributed by atoms with Crippen molar-refractivity contribution >= 4 is 30.3 Å². The number of nitro benzene ring substituents is 1. The Kier molecular flexibility index (Phi) is 5.57. The van der Waals surface area contributed by atoms with Crippen molar-refractivity contribution in [2.75, 3.05) is 19.6 Å². The van der Waals surface area contributed by atoms with Gasteiger partial charge in [-0.1, -0.05) is 0 Å². The molecule has 11 nitrogen and oxygen atoms in total. The van der Waals surface area contributed by atoms with E-state index in [-0.39, 0.29) is 29.5 Å². The van der Waals surface area contributed by atoms with Gasteiger partial charge in [-0.3, -0.25) is 19.8 Å². The number of non-ortho nitro benzene ring substituents is 1. The fraction of sp³-hybridized carbons (Fsp3) is 0.444. The first kappa shape index (κ1) is 20.1. The SMILES string of the molecule is O=C([C@@H]1C[C@H](S)CN1C(=O)OCc1ccc([N+](=O)[O-])cc1)N1CC(n2cncn2)C1. The molecule has 2 aliphatic heterocycles. The number of ether oxygens (including phenoxy) is 1. The van der Waals surface area contributed by atoms with Gasteiger partial charge in [0.25, 0.3) is 5.69 Å². The van der Waals surface area contributed by atoms with Crippen LogP contribution in [-0.4, -0.2) is 72.4 Å². The second-order valence-electron chi connectivity index (χ2n) is 7.31. The van der Waals surface area contributed by atoms with Crippen LogP contribution in [0.25, 0.3) is 0 Å². The minimum Gasteiger partial charge on any atom is -0.445 e. The molecular formula is C18H20N6O5S. The molecule has 0 unspecified atom stereocenters. The Hall–Kier alpha value is -3.15. The standard InChI is InChI=1S/C18H20N6O5S/c25-17(21-6-14(7-21)23-11-19-10-20-23)16-5-15(30)8-22(16)18(26)29-9-12-1-3-13(4-2-12)24(27)28/h1-4,10-11,14-16,30H,5-9H2/t15-,16-/m0/s1. The molecule has 1 aromatic heterocycles. The second-order valence-corrected chi connectivity index (χ2v) is 8.04. The molecule has 12 heteroatoms. The minimum absolute atomic E-state index is 0.0352. The van der Waals surface area contributed by atoms with Crippen LogP contribution in [0.1, 0.15) is 18.0 Å². The van der Waals surface area contributed by atoms with Gasteiger partial charge in [0.05, 0.1) is 11.0 Å². The highest BCUT2D eigenvalue weighted by atomic mass is 32.1. The quantitative estimate of drug-likeness (QED) is 0.429. The van der Waals surface area contributed by atoms with E-state index >= 15 is 0 Å². The van der Waals surface area contributed by atoms with Crippen molar-refractivity contribution in [3.63, 3.8) is 0 Å². The Bertz CT molecular complexity index is 931. The number of amides is 2. The second kappa shape index (κ2) is 8.30. The van der Waals surface area contributed by atoms with Gasteiger partial charge >= 0.3 is 6.09 Å². The highest BCUT2D eigenvalue weighted by molar-refractivity contribution is 7.81. The average Bonchev–Trinajstić information content (AvgIpc) is 3.35. The third kappa shape index (κ3) is 4.08. The van der Waals surface area contributed by atoms with E-state index in [2.05, 4.69) is 22.7 Å². The normalized spacial score (nSPS) is 21.4. The van der Waals surface area contributed by atoms with E-state index in [1.54, 1.807) is 15.9 Å². The van der Waals surface area contributed by atoms with Gasteiger partial charge in [-0.05, 0) is 24.1 Å². The first-order valence-corrected chi connectivity index (χ1v) is 9.91. The fourth-order valence-electron chi connectivity index (χ4n) is 3.61. The van der Waals surface area contributed by atoms with Gasteiger partial charge in [-0.15, -0.1) is 0 Å². The van der Waals surface area contributed by atoms with Crippen LogP contribution in [0.3, 0.4) is 0 Å². The van der Waals surface area contributed by atoms with E-state index in [1.807, 2.05) is 0 Å². The summed E-state index contributed by atoms with van der Waals surface area (Å²) in [6.45, 7) is 1.31. The summed E-state index contributed by atoms with van der Waals surface area (Å²) in [5.74, 6) is -0.129. The molecule has 0 saturated carbocycles. The molecule has 0 spiro atoms. The molecule has 2 fully saturated rings. The van der Waals surface area contributed by atoms with Crippen LogP contribution >= 0.6 is 12.6 Å². The smallest absolute Gasteiger partial charge is 0.410 e. The molecule has 0 bridgehead atoms. The summed E-state index contributed by atoms with van der Waals surface area (Å²) in [5, 5.41) is 14.7. The minimum atomic E-state index is -0.617. The van der Waals surface area contributed by atoms with Crippen molar-refractivity contribution in [3.05, 3.63) is 52.6 Å². The average molecular weight is 432 g/mol. The fourth-order valence-corrected chi connectivity index (χ4v) is 3.99. The van der Waals surface area contributed by atoms with Gasteiger partial charge in [-0.25, -0.2) is 14.5 Å². The number of nitro groups is 1. The number of nitrogens with zero attached hydrogens (tertiary/aromatic N) is 6. The maximum absolute atomic E-state index is 12.9. The van der Waals surface area contributed by atoms with E-state index in [9.17, 15) is 19.7 Å². The van der Waals surface area contributed by atoms with Gasteiger partial charge in [-0.2, -0.15) is 17.7 Å². The molecule has 0 aliphatic carbocycles. The third-order valence-electron chi connectivity index (χ3n) is 5.29. The van der Waals surface area contributed by atoms with Crippen LogP contribution in [0.4, 0.5) is 10.5 Å². The van der Waals surface area contributed by atoms with Crippen molar-refractivity contribution in [3.8, 4) is 0 Å². The highest BCUT2D eigenvalue weighted by Gasteiger charge is 2.44. The summed E-state index contributed by atoms with van der Waals surface area (Å²) >= 11 is 4.44. The number of likely N-dealkylation sites (tertiary alicyclic amines) is 2. The zero-order valence-electron chi connectivity index (χ0n) is 15.9. The Morgan fingerprint density at radius 3 is 2.60 bits per heavy atom. The van der Waals surface area contributed by atoms with E-state index in [0.29, 0.717) is 31.6 Å². The van der Waals surface area contributed by atoms with Crippen LogP contribution < -0.4 is 0 Å². The number of thiol groups is 1. The number of rotatable bonds is 5. The molecule has 30 heavy (non-hydrogen) atoms. The van der Waals surface area contributed by atoms with E-state index in [1.165, 1.54) is 35.5 Å². The predicted molar refractivity (Wildman–Crippen MR) is 107 cm³/mol. The lowest BCUT2D eigenvalue weighted by molar-refractivity contribution is -0.384. The summed E-state index contributed by atoms with van der Waals surface area (Å²) in [4.78, 5) is 42.8. The van der Waals surface area contributed by atoms with Crippen LogP contribution in [-0.2, 0) is 16.1 Å². The third-order valence-corrected chi connectivity index (χ3v) is 5.67. The molecule has 2 atom stereocenters. The molecule has 2 aromatic rings.